The molecule has 0 aromatic carbocycles. The van der Waals surface area contributed by atoms with E-state index in [9.17, 15) is 24.0 Å². The van der Waals surface area contributed by atoms with E-state index in [1.165, 1.54) is 49.2 Å². The zero-order valence-electron chi connectivity index (χ0n) is 29.3. The van der Waals surface area contributed by atoms with Gasteiger partial charge in [-0.2, -0.15) is 0 Å². The Labute approximate surface area is 266 Å². The topological polar surface area (TPSA) is 107 Å². The lowest BCUT2D eigenvalue weighted by Crippen LogP contribution is -2.56. The lowest BCUT2D eigenvalue weighted by atomic mass is 9.78. The van der Waals surface area contributed by atoms with Crippen LogP contribution in [0, 0.1) is 22.2 Å². The summed E-state index contributed by atoms with van der Waals surface area (Å²) in [6, 6.07) is 0. The number of nitrogens with zero attached hydrogens (tertiary/aromatic N) is 3. The van der Waals surface area contributed by atoms with Crippen molar-refractivity contribution in [1.29, 1.82) is 0 Å². The van der Waals surface area contributed by atoms with Crippen molar-refractivity contribution in [2.45, 2.75) is 126 Å². The maximum Gasteiger partial charge on any atom is 0.254 e. The molecule has 2 aliphatic rings. The van der Waals surface area contributed by atoms with Gasteiger partial charge in [0.15, 0.2) is 0 Å². The summed E-state index contributed by atoms with van der Waals surface area (Å²) in [5.41, 5.74) is -2.30. The lowest BCUT2D eigenvalue weighted by molar-refractivity contribution is -0.151. The summed E-state index contributed by atoms with van der Waals surface area (Å²) in [4.78, 5) is 69.4. The van der Waals surface area contributed by atoms with Crippen LogP contribution < -0.4 is 5.32 Å². The van der Waals surface area contributed by atoms with Crippen LogP contribution in [0.4, 0.5) is 0 Å². The van der Waals surface area contributed by atoms with Crippen LogP contribution in [0.15, 0.2) is 12.2 Å². The minimum atomic E-state index is -0.826. The summed E-state index contributed by atoms with van der Waals surface area (Å²) in [6.07, 6.45) is 10.5. The first-order valence-corrected chi connectivity index (χ1v) is 16.7. The van der Waals surface area contributed by atoms with E-state index in [1.807, 2.05) is 34.6 Å². The number of nitrogens with one attached hydrogen (secondary N) is 1. The van der Waals surface area contributed by atoms with Crippen molar-refractivity contribution in [3.63, 3.8) is 0 Å². The highest BCUT2D eigenvalue weighted by Gasteiger charge is 2.45. The van der Waals surface area contributed by atoms with Crippen molar-refractivity contribution in [2.24, 2.45) is 22.2 Å². The molecule has 2 aliphatic heterocycles. The maximum atomic E-state index is 13.6. The third-order valence-electron chi connectivity index (χ3n) is 9.28. The molecular formula is C35H60N4O5. The normalized spacial score (nSPS) is 17.4. The first-order chi connectivity index (χ1) is 20.2. The van der Waals surface area contributed by atoms with E-state index < -0.39 is 16.4 Å². The second kappa shape index (κ2) is 15.0. The van der Waals surface area contributed by atoms with Crippen molar-refractivity contribution >= 4 is 29.5 Å². The van der Waals surface area contributed by atoms with Gasteiger partial charge in [0.05, 0.1) is 0 Å². The highest BCUT2D eigenvalue weighted by atomic mass is 16.2. The highest BCUT2D eigenvalue weighted by Crippen LogP contribution is 2.35. The molecule has 1 fully saturated rings. The molecule has 0 spiro atoms. The molecule has 0 aromatic rings. The number of unbranched alkanes of at least 4 members (excludes halogenated alkanes) is 4. The number of amides is 5. The molecule has 0 aliphatic carbocycles. The number of carbonyl (C=O) groups is 5. The van der Waals surface area contributed by atoms with Gasteiger partial charge in [0.1, 0.15) is 0 Å². The minimum Gasteiger partial charge on any atom is -0.355 e. The van der Waals surface area contributed by atoms with E-state index in [0.717, 1.165) is 6.42 Å². The fourth-order valence-electron chi connectivity index (χ4n) is 6.90. The van der Waals surface area contributed by atoms with Gasteiger partial charge in [0, 0.05) is 67.2 Å². The maximum absolute atomic E-state index is 13.6. The molecular weight excluding hydrogens is 556 g/mol. The smallest absolute Gasteiger partial charge is 0.254 e. The van der Waals surface area contributed by atoms with Gasteiger partial charge >= 0.3 is 0 Å². The van der Waals surface area contributed by atoms with Crippen LogP contribution in [0.25, 0.3) is 0 Å². The second-order valence-electron chi connectivity index (χ2n) is 15.8. The van der Waals surface area contributed by atoms with E-state index in [0.29, 0.717) is 45.6 Å². The number of hydrogen-bond acceptors (Lipinski definition) is 5. The van der Waals surface area contributed by atoms with Gasteiger partial charge < -0.3 is 15.1 Å². The van der Waals surface area contributed by atoms with Crippen LogP contribution in [-0.4, -0.2) is 82.5 Å². The molecule has 1 atom stereocenters. The minimum absolute atomic E-state index is 0.00401. The van der Waals surface area contributed by atoms with Crippen molar-refractivity contribution in [2.75, 3.05) is 32.7 Å². The number of carbonyl (C=O) groups excluding carboxylic acids is 5. The summed E-state index contributed by atoms with van der Waals surface area (Å²) in [5.74, 6) is -1.12. The molecule has 1 N–H and O–H groups in total. The monoisotopic (exact) mass is 616 g/mol. The molecule has 0 saturated carbocycles. The standard InChI is InChI=1S/C35H60N4O5/c1-11-12-13-14-15-18-32(3,4)25-36-30(43)33(5,6)23-26(2)29(42)37-19-21-38(22-20-37)31(44)34(7,8)24-35(9,10)39-27(40)16-17-28(39)41/h16-17,26H,11-15,18-25H2,1-10H3,(H,36,43). The second-order valence-corrected chi connectivity index (χ2v) is 15.8. The molecule has 0 radical (unpaired) electrons. The molecule has 250 valence electrons. The summed E-state index contributed by atoms with van der Waals surface area (Å²) in [6.45, 7) is 21.9. The summed E-state index contributed by atoms with van der Waals surface area (Å²) in [5, 5.41) is 3.16. The molecule has 2 heterocycles. The number of rotatable bonds is 16. The first-order valence-electron chi connectivity index (χ1n) is 16.7. The van der Waals surface area contributed by atoms with Crippen LogP contribution in [0.5, 0.6) is 0 Å². The predicted molar refractivity (Wildman–Crippen MR) is 174 cm³/mol. The highest BCUT2D eigenvalue weighted by molar-refractivity contribution is 6.13. The number of imide groups is 1. The summed E-state index contributed by atoms with van der Waals surface area (Å²) in [7, 11) is 0. The van der Waals surface area contributed by atoms with Crippen LogP contribution in [-0.2, 0) is 24.0 Å². The van der Waals surface area contributed by atoms with Gasteiger partial charge in [0.25, 0.3) is 11.8 Å². The third-order valence-corrected chi connectivity index (χ3v) is 9.28. The van der Waals surface area contributed by atoms with Crippen molar-refractivity contribution < 1.29 is 24.0 Å². The molecule has 44 heavy (non-hydrogen) atoms. The number of piperazine rings is 1. The SMILES string of the molecule is CCCCCCCC(C)(C)CNC(=O)C(C)(C)CC(C)C(=O)N1CCN(C(=O)C(C)(C)CC(C)(C)N2C(=O)C=CC2=O)CC1. The quantitative estimate of drug-likeness (QED) is 0.186. The molecule has 1 unspecified atom stereocenters. The van der Waals surface area contributed by atoms with E-state index in [1.54, 1.807) is 23.6 Å². The Hall–Kier alpha value is -2.71. The fourth-order valence-corrected chi connectivity index (χ4v) is 6.90. The fraction of sp³-hybridized carbons (Fsp3) is 0.800. The van der Waals surface area contributed by atoms with Crippen LogP contribution in [0.2, 0.25) is 0 Å². The lowest BCUT2D eigenvalue weighted by Gasteiger charge is -2.43. The van der Waals surface area contributed by atoms with Crippen molar-refractivity contribution in [3.05, 3.63) is 12.2 Å². The van der Waals surface area contributed by atoms with Gasteiger partial charge in [-0.3, -0.25) is 28.9 Å². The zero-order chi connectivity index (χ0) is 33.5. The van der Waals surface area contributed by atoms with Gasteiger partial charge in [-0.1, -0.05) is 87.5 Å². The Morgan fingerprint density at radius 3 is 1.86 bits per heavy atom. The van der Waals surface area contributed by atoms with Crippen molar-refractivity contribution in [3.8, 4) is 0 Å². The van der Waals surface area contributed by atoms with Gasteiger partial charge in [0.2, 0.25) is 17.7 Å². The molecule has 5 amide bonds. The Balaban J connectivity index is 1.86. The van der Waals surface area contributed by atoms with E-state index in [2.05, 4.69) is 26.1 Å². The van der Waals surface area contributed by atoms with Crippen LogP contribution in [0.1, 0.15) is 121 Å². The molecule has 1 saturated heterocycles. The summed E-state index contributed by atoms with van der Waals surface area (Å²) >= 11 is 0. The molecule has 0 aromatic heterocycles. The molecule has 9 heteroatoms. The Morgan fingerprint density at radius 2 is 1.32 bits per heavy atom. The average molecular weight is 617 g/mol. The Kier molecular flexibility index (Phi) is 12.8. The predicted octanol–water partition coefficient (Wildman–Crippen LogP) is 5.33. The van der Waals surface area contributed by atoms with Crippen molar-refractivity contribution in [1.82, 2.24) is 20.0 Å². The van der Waals surface area contributed by atoms with Crippen LogP contribution >= 0.6 is 0 Å². The molecule has 0 bridgehead atoms. The largest absolute Gasteiger partial charge is 0.355 e. The van der Waals surface area contributed by atoms with Gasteiger partial charge in [-0.05, 0) is 38.5 Å². The first kappa shape index (κ1) is 37.5. The number of hydrogen-bond donors (Lipinski definition) is 1. The summed E-state index contributed by atoms with van der Waals surface area (Å²) < 4.78 is 0. The van der Waals surface area contributed by atoms with Gasteiger partial charge in [-0.15, -0.1) is 0 Å². The van der Waals surface area contributed by atoms with E-state index in [-0.39, 0.29) is 40.9 Å². The molecule has 2 rings (SSSR count). The van der Waals surface area contributed by atoms with Gasteiger partial charge in [-0.25, -0.2) is 0 Å². The molecule has 9 nitrogen and oxygen atoms in total. The van der Waals surface area contributed by atoms with E-state index >= 15 is 0 Å². The Morgan fingerprint density at radius 1 is 0.795 bits per heavy atom. The zero-order valence-corrected chi connectivity index (χ0v) is 29.3. The third kappa shape index (κ3) is 10.2. The Bertz CT molecular complexity index is 1060. The average Bonchev–Trinajstić information content (AvgIpc) is 3.28. The van der Waals surface area contributed by atoms with E-state index in [4.69, 9.17) is 0 Å². The van der Waals surface area contributed by atoms with Crippen LogP contribution in [0.3, 0.4) is 0 Å².